The van der Waals surface area contributed by atoms with E-state index in [4.69, 9.17) is 0 Å². The number of carbonyl (C=O) groups excluding carboxylic acids is 1. The van der Waals surface area contributed by atoms with E-state index in [-0.39, 0.29) is 6.54 Å². The summed E-state index contributed by atoms with van der Waals surface area (Å²) < 4.78 is 65.5. The number of nitrogens with zero attached hydrogens (tertiary/aromatic N) is 2. The zero-order valence-corrected chi connectivity index (χ0v) is 13.5. The quantitative estimate of drug-likeness (QED) is 0.837. The lowest BCUT2D eigenvalue weighted by molar-refractivity contribution is -0.139. The van der Waals surface area contributed by atoms with Gasteiger partial charge in [-0.15, -0.1) is 0 Å². The Morgan fingerprint density at radius 3 is 2.43 bits per heavy atom. The first-order valence-corrected chi connectivity index (χ1v) is 8.40. The van der Waals surface area contributed by atoms with E-state index in [9.17, 15) is 26.4 Å². The summed E-state index contributed by atoms with van der Waals surface area (Å²) in [5.41, 5.74) is -1.22. The monoisotopic (exact) mass is 350 g/mol. The highest BCUT2D eigenvalue weighted by Crippen LogP contribution is 2.36. The molecule has 0 radical (unpaired) electrons. The van der Waals surface area contributed by atoms with Crippen molar-refractivity contribution in [3.8, 4) is 0 Å². The minimum Gasteiger partial charge on any atom is -0.347 e. The molecular weight excluding hydrogens is 333 g/mol. The van der Waals surface area contributed by atoms with E-state index in [1.807, 2.05) is 0 Å². The number of hydrogen-bond acceptors (Lipinski definition) is 3. The van der Waals surface area contributed by atoms with Crippen LogP contribution >= 0.6 is 0 Å². The molecule has 1 saturated heterocycles. The second kappa shape index (κ2) is 6.12. The summed E-state index contributed by atoms with van der Waals surface area (Å²) in [5.74, 6) is -0.435. The van der Waals surface area contributed by atoms with Crippen molar-refractivity contribution in [1.29, 1.82) is 0 Å². The van der Waals surface area contributed by atoms with Gasteiger partial charge in [-0.05, 0) is 25.0 Å². The minimum atomic E-state index is -4.79. The third-order valence-electron chi connectivity index (χ3n) is 3.71. The number of carbonyl (C=O) groups is 1. The zero-order valence-electron chi connectivity index (χ0n) is 12.7. The fraction of sp³-hybridized carbons (Fsp3) is 0.500. The Morgan fingerprint density at radius 1 is 1.26 bits per heavy atom. The maximum atomic E-state index is 13.1. The predicted molar refractivity (Wildman–Crippen MR) is 77.1 cm³/mol. The van der Waals surface area contributed by atoms with Crippen molar-refractivity contribution < 1.29 is 26.4 Å². The van der Waals surface area contributed by atoms with E-state index in [1.54, 1.807) is 0 Å². The number of rotatable bonds is 3. The van der Waals surface area contributed by atoms with Crippen molar-refractivity contribution in [2.75, 3.05) is 20.6 Å². The van der Waals surface area contributed by atoms with Crippen LogP contribution in [0.4, 0.5) is 13.2 Å². The highest BCUT2D eigenvalue weighted by Gasteiger charge is 2.44. The van der Waals surface area contributed by atoms with Crippen LogP contribution in [-0.2, 0) is 21.0 Å². The van der Waals surface area contributed by atoms with Crippen LogP contribution in [0.25, 0.3) is 0 Å². The molecule has 0 N–H and O–H groups in total. The van der Waals surface area contributed by atoms with Crippen LogP contribution in [0.15, 0.2) is 29.2 Å². The van der Waals surface area contributed by atoms with E-state index in [2.05, 4.69) is 0 Å². The van der Waals surface area contributed by atoms with E-state index in [0.29, 0.717) is 12.8 Å². The first-order valence-electron chi connectivity index (χ1n) is 6.96. The Morgan fingerprint density at radius 2 is 1.87 bits per heavy atom. The first kappa shape index (κ1) is 17.7. The second-order valence-corrected chi connectivity index (χ2v) is 7.36. The first-order chi connectivity index (χ1) is 10.6. The minimum absolute atomic E-state index is 0.0266. The summed E-state index contributed by atoms with van der Waals surface area (Å²) in [5, 5.41) is 0. The average molecular weight is 350 g/mol. The van der Waals surface area contributed by atoms with Crippen molar-refractivity contribution in [3.05, 3.63) is 29.8 Å². The molecule has 1 atom stereocenters. The van der Waals surface area contributed by atoms with Crippen molar-refractivity contribution in [2.45, 2.75) is 30.0 Å². The van der Waals surface area contributed by atoms with Gasteiger partial charge in [0.15, 0.2) is 0 Å². The number of halogens is 3. The number of hydrogen-bond donors (Lipinski definition) is 0. The normalized spacial score (nSPS) is 19.8. The molecule has 1 aromatic rings. The number of sulfonamides is 1. The SMILES string of the molecule is CN(C)C(=O)[C@@H]1CCCN1S(=O)(=O)c1ccccc1C(F)(F)F. The third-order valence-corrected chi connectivity index (χ3v) is 5.67. The highest BCUT2D eigenvalue weighted by atomic mass is 32.2. The molecule has 1 fully saturated rings. The predicted octanol–water partition coefficient (Wildman–Crippen LogP) is 1.95. The Hall–Kier alpha value is -1.61. The van der Waals surface area contributed by atoms with Crippen molar-refractivity contribution in [1.82, 2.24) is 9.21 Å². The van der Waals surface area contributed by atoms with Crippen LogP contribution in [0.3, 0.4) is 0 Å². The summed E-state index contributed by atoms with van der Waals surface area (Å²) in [6.45, 7) is 0.0266. The van der Waals surface area contributed by atoms with Crippen LogP contribution < -0.4 is 0 Å². The van der Waals surface area contributed by atoms with E-state index >= 15 is 0 Å². The molecule has 2 rings (SSSR count). The standard InChI is InChI=1S/C14H17F3N2O3S/c1-18(2)13(20)11-7-5-9-19(11)23(21,22)12-8-4-3-6-10(12)14(15,16)17/h3-4,6,8,11H,5,7,9H2,1-2H3/t11-/m0/s1. The van der Waals surface area contributed by atoms with Crippen molar-refractivity contribution in [3.63, 3.8) is 0 Å². The lowest BCUT2D eigenvalue weighted by Crippen LogP contribution is -2.45. The summed E-state index contributed by atoms with van der Waals surface area (Å²) >= 11 is 0. The molecule has 1 heterocycles. The van der Waals surface area contributed by atoms with Gasteiger partial charge in [-0.25, -0.2) is 8.42 Å². The molecule has 1 aliphatic heterocycles. The molecule has 5 nitrogen and oxygen atoms in total. The fourth-order valence-electron chi connectivity index (χ4n) is 2.62. The molecule has 23 heavy (non-hydrogen) atoms. The van der Waals surface area contributed by atoms with Gasteiger partial charge in [0.1, 0.15) is 6.04 Å². The Balaban J connectivity index is 2.49. The molecular formula is C14H17F3N2O3S. The average Bonchev–Trinajstić information content (AvgIpc) is 2.95. The van der Waals surface area contributed by atoms with E-state index in [0.717, 1.165) is 22.5 Å². The van der Waals surface area contributed by atoms with Gasteiger partial charge in [0.25, 0.3) is 0 Å². The van der Waals surface area contributed by atoms with Crippen LogP contribution in [-0.4, -0.2) is 50.2 Å². The molecule has 0 aromatic heterocycles. The van der Waals surface area contributed by atoms with Crippen LogP contribution in [0.1, 0.15) is 18.4 Å². The molecule has 0 saturated carbocycles. The van der Waals surface area contributed by atoms with Crippen molar-refractivity contribution >= 4 is 15.9 Å². The van der Waals surface area contributed by atoms with Crippen molar-refractivity contribution in [2.24, 2.45) is 0 Å². The number of benzene rings is 1. The van der Waals surface area contributed by atoms with Crippen LogP contribution in [0.5, 0.6) is 0 Å². The lowest BCUT2D eigenvalue weighted by Gasteiger charge is -2.26. The van der Waals surface area contributed by atoms with Gasteiger partial charge in [0.2, 0.25) is 15.9 Å². The maximum absolute atomic E-state index is 13.1. The highest BCUT2D eigenvalue weighted by molar-refractivity contribution is 7.89. The Bertz CT molecular complexity index is 701. The molecule has 0 bridgehead atoms. The Labute approximate surface area is 132 Å². The van der Waals surface area contributed by atoms with Crippen LogP contribution in [0, 0.1) is 0 Å². The molecule has 0 unspecified atom stereocenters. The van der Waals surface area contributed by atoms with Gasteiger partial charge in [-0.3, -0.25) is 4.79 Å². The molecule has 1 amide bonds. The van der Waals surface area contributed by atoms with Gasteiger partial charge >= 0.3 is 6.18 Å². The van der Waals surface area contributed by atoms with Gasteiger partial charge in [0, 0.05) is 20.6 Å². The molecule has 0 aliphatic carbocycles. The summed E-state index contributed by atoms with van der Waals surface area (Å²) in [6.07, 6.45) is -4.06. The summed E-state index contributed by atoms with van der Waals surface area (Å²) in [7, 11) is -1.45. The van der Waals surface area contributed by atoms with Crippen LogP contribution in [0.2, 0.25) is 0 Å². The molecule has 0 spiro atoms. The topological polar surface area (TPSA) is 57.7 Å². The van der Waals surface area contributed by atoms with E-state index in [1.165, 1.54) is 25.1 Å². The van der Waals surface area contributed by atoms with Gasteiger partial charge < -0.3 is 4.90 Å². The zero-order chi connectivity index (χ0) is 17.4. The largest absolute Gasteiger partial charge is 0.417 e. The molecule has 1 aliphatic rings. The molecule has 128 valence electrons. The molecule has 9 heteroatoms. The molecule has 1 aromatic carbocycles. The van der Waals surface area contributed by atoms with Gasteiger partial charge in [-0.1, -0.05) is 12.1 Å². The maximum Gasteiger partial charge on any atom is 0.417 e. The Kier molecular flexibility index (Phi) is 4.72. The van der Waals surface area contributed by atoms with E-state index < -0.39 is 38.6 Å². The summed E-state index contributed by atoms with van der Waals surface area (Å²) in [4.78, 5) is 12.5. The third kappa shape index (κ3) is 3.35. The smallest absolute Gasteiger partial charge is 0.347 e. The fourth-order valence-corrected chi connectivity index (χ4v) is 4.49. The number of likely N-dealkylation sites (N-methyl/N-ethyl adjacent to an activating group) is 1. The van der Waals surface area contributed by atoms with Gasteiger partial charge in [-0.2, -0.15) is 17.5 Å². The number of alkyl halides is 3. The lowest BCUT2D eigenvalue weighted by atomic mass is 10.2. The van der Waals surface area contributed by atoms with Gasteiger partial charge in [0.05, 0.1) is 10.5 Å². The second-order valence-electron chi connectivity index (χ2n) is 5.50. The summed E-state index contributed by atoms with van der Waals surface area (Å²) in [6, 6.07) is 3.06. The number of amides is 1.